The van der Waals surface area contributed by atoms with E-state index in [0.29, 0.717) is 37.7 Å². The number of pyridine rings is 1. The number of halogens is 1. The fourth-order valence-electron chi connectivity index (χ4n) is 3.83. The van der Waals surface area contributed by atoms with Crippen LogP contribution in [0.5, 0.6) is 5.88 Å². The van der Waals surface area contributed by atoms with Crippen molar-refractivity contribution in [3.05, 3.63) is 53.0 Å². The van der Waals surface area contributed by atoms with Crippen molar-refractivity contribution in [2.24, 2.45) is 0 Å². The molecule has 0 spiro atoms. The van der Waals surface area contributed by atoms with Crippen LogP contribution in [0.15, 0.2) is 30.3 Å². The zero-order chi connectivity index (χ0) is 24.0. The first-order valence-electron chi connectivity index (χ1n) is 11.6. The lowest BCUT2D eigenvalue weighted by Gasteiger charge is -2.46. The van der Waals surface area contributed by atoms with Crippen LogP contribution in [0.4, 0.5) is 10.1 Å². The summed E-state index contributed by atoms with van der Waals surface area (Å²) in [6, 6.07) is 8.44. The molecule has 1 atom stereocenters. The van der Waals surface area contributed by atoms with E-state index in [1.54, 1.807) is 17.0 Å². The van der Waals surface area contributed by atoms with Crippen molar-refractivity contribution in [2.45, 2.75) is 64.4 Å². The van der Waals surface area contributed by atoms with E-state index in [4.69, 9.17) is 9.16 Å². The quantitative estimate of drug-likeness (QED) is 0.632. The molecule has 1 amide bonds. The normalized spacial score (nSPS) is 18.8. The Kier molecular flexibility index (Phi) is 6.26. The predicted octanol–water partition coefficient (Wildman–Crippen LogP) is 4.85. The number of rotatable bonds is 5. The molecule has 1 fully saturated rings. The van der Waals surface area contributed by atoms with Crippen LogP contribution in [0.1, 0.15) is 49.3 Å². The molecule has 2 aliphatic rings. The number of carbonyl (C=O) groups excluding carboxylic acids is 1. The number of carbonyl (C=O) groups is 1. The van der Waals surface area contributed by atoms with E-state index in [2.05, 4.69) is 44.2 Å². The zero-order valence-corrected chi connectivity index (χ0v) is 21.4. The number of hydrogen-bond donors (Lipinski definition) is 1. The van der Waals surface area contributed by atoms with Gasteiger partial charge in [-0.05, 0) is 60.8 Å². The molecule has 0 radical (unpaired) electrons. The van der Waals surface area contributed by atoms with E-state index < -0.39 is 8.32 Å². The molecule has 0 aliphatic carbocycles. The van der Waals surface area contributed by atoms with Crippen LogP contribution in [0.25, 0.3) is 0 Å². The molecular formula is C25H34FN3O3Si. The number of hydrogen-bond acceptors (Lipinski definition) is 5. The average molecular weight is 472 g/mol. The Bertz CT molecular complexity index is 1030. The van der Waals surface area contributed by atoms with Gasteiger partial charge in [-0.1, -0.05) is 32.9 Å². The van der Waals surface area contributed by atoms with Crippen LogP contribution in [-0.2, 0) is 10.8 Å². The minimum absolute atomic E-state index is 0.0618. The summed E-state index contributed by atoms with van der Waals surface area (Å²) in [5, 5.41) is 3.50. The summed E-state index contributed by atoms with van der Waals surface area (Å²) in [6.07, 6.45) is 0.543. The van der Waals surface area contributed by atoms with Crippen LogP contribution in [-0.4, -0.2) is 56.0 Å². The van der Waals surface area contributed by atoms with Crippen LogP contribution in [0.2, 0.25) is 18.1 Å². The number of anilines is 1. The molecule has 6 nitrogen and oxygen atoms in total. The maximum atomic E-state index is 13.4. The molecule has 0 bridgehead atoms. The van der Waals surface area contributed by atoms with Crippen LogP contribution < -0.4 is 10.1 Å². The molecule has 8 heteroatoms. The van der Waals surface area contributed by atoms with Gasteiger partial charge in [-0.2, -0.15) is 0 Å². The second-order valence-corrected chi connectivity index (χ2v) is 15.5. The monoisotopic (exact) mass is 471 g/mol. The lowest BCUT2D eigenvalue weighted by Crippen LogP contribution is -2.59. The van der Waals surface area contributed by atoms with Crippen molar-refractivity contribution >= 4 is 19.9 Å². The van der Waals surface area contributed by atoms with Gasteiger partial charge in [0.05, 0.1) is 17.8 Å². The van der Waals surface area contributed by atoms with E-state index >= 15 is 0 Å². The van der Waals surface area contributed by atoms with Gasteiger partial charge in [-0.25, -0.2) is 9.37 Å². The average Bonchev–Trinajstić information content (AvgIpc) is 2.70. The smallest absolute Gasteiger partial charge is 0.273 e. The first-order valence-corrected chi connectivity index (χ1v) is 14.5. The number of likely N-dealkylation sites (tertiary alicyclic amines) is 1. The highest BCUT2D eigenvalue weighted by atomic mass is 28.4. The van der Waals surface area contributed by atoms with Gasteiger partial charge in [0, 0.05) is 13.1 Å². The van der Waals surface area contributed by atoms with Crippen LogP contribution in [0, 0.1) is 5.82 Å². The Hall–Kier alpha value is -2.45. The van der Waals surface area contributed by atoms with Gasteiger partial charge in [0.25, 0.3) is 5.91 Å². The molecule has 1 aromatic heterocycles. The summed E-state index contributed by atoms with van der Waals surface area (Å²) < 4.78 is 25.6. The molecule has 2 aliphatic heterocycles. The fourth-order valence-corrected chi connectivity index (χ4v) is 5.16. The maximum absolute atomic E-state index is 13.4. The highest BCUT2D eigenvalue weighted by Crippen LogP contribution is 2.38. The number of aromatic nitrogens is 1. The molecule has 3 heterocycles. The van der Waals surface area contributed by atoms with Gasteiger partial charge in [-0.3, -0.25) is 4.79 Å². The van der Waals surface area contributed by atoms with Crippen molar-refractivity contribution in [3.63, 3.8) is 0 Å². The molecule has 4 rings (SSSR count). The number of benzene rings is 1. The van der Waals surface area contributed by atoms with Gasteiger partial charge in [0.15, 0.2) is 8.32 Å². The lowest BCUT2D eigenvalue weighted by atomic mass is 10.0. The highest BCUT2D eigenvalue weighted by Gasteiger charge is 2.43. The third-order valence-electron chi connectivity index (χ3n) is 6.85. The first-order chi connectivity index (χ1) is 15.4. The highest BCUT2D eigenvalue weighted by molar-refractivity contribution is 6.74. The molecule has 0 unspecified atom stereocenters. The van der Waals surface area contributed by atoms with Crippen molar-refractivity contribution in [1.29, 1.82) is 0 Å². The van der Waals surface area contributed by atoms with E-state index in [0.717, 1.165) is 16.8 Å². The molecule has 0 saturated carbocycles. The molecule has 1 N–H and O–H groups in total. The SMILES string of the molecule is C[C@H]1COc2nc(C(=O)N3CC(O[Si](C)(C)C(C)(C)C)C3)c(Cc3ccc(F)cc3)cc2N1. The third kappa shape index (κ3) is 5.06. The first kappa shape index (κ1) is 23.7. The summed E-state index contributed by atoms with van der Waals surface area (Å²) in [5.41, 5.74) is 2.88. The second kappa shape index (κ2) is 8.72. The Morgan fingerprint density at radius 2 is 1.94 bits per heavy atom. The summed E-state index contributed by atoms with van der Waals surface area (Å²) in [5.74, 6) is 0.0528. The Labute approximate surface area is 196 Å². The molecule has 1 aromatic carbocycles. The van der Waals surface area contributed by atoms with Crippen molar-refractivity contribution in [2.75, 3.05) is 25.0 Å². The van der Waals surface area contributed by atoms with Gasteiger partial charge < -0.3 is 19.4 Å². The fraction of sp³-hybridized carbons (Fsp3) is 0.520. The molecule has 2 aromatic rings. The Morgan fingerprint density at radius 1 is 1.27 bits per heavy atom. The summed E-state index contributed by atoms with van der Waals surface area (Å²) in [7, 11) is -1.89. The van der Waals surface area contributed by atoms with Crippen LogP contribution >= 0.6 is 0 Å². The second-order valence-electron chi connectivity index (χ2n) is 10.7. The van der Waals surface area contributed by atoms with Gasteiger partial charge in [-0.15, -0.1) is 0 Å². The van der Waals surface area contributed by atoms with Gasteiger partial charge >= 0.3 is 0 Å². The molecule has 178 valence electrons. The number of amides is 1. The number of ether oxygens (including phenoxy) is 1. The van der Waals surface area contributed by atoms with E-state index in [9.17, 15) is 9.18 Å². The van der Waals surface area contributed by atoms with Gasteiger partial charge in [0.2, 0.25) is 5.88 Å². The predicted molar refractivity (Wildman–Crippen MR) is 130 cm³/mol. The van der Waals surface area contributed by atoms with Crippen LogP contribution in [0.3, 0.4) is 0 Å². The van der Waals surface area contributed by atoms with E-state index in [-0.39, 0.29) is 28.9 Å². The largest absolute Gasteiger partial charge is 0.474 e. The van der Waals surface area contributed by atoms with E-state index in [1.807, 2.05) is 13.0 Å². The minimum Gasteiger partial charge on any atom is -0.474 e. The minimum atomic E-state index is -1.89. The van der Waals surface area contributed by atoms with Crippen molar-refractivity contribution in [1.82, 2.24) is 9.88 Å². The van der Waals surface area contributed by atoms with Crippen molar-refractivity contribution < 1.29 is 18.3 Å². The number of nitrogens with zero attached hydrogens (tertiary/aromatic N) is 2. The van der Waals surface area contributed by atoms with Crippen molar-refractivity contribution in [3.8, 4) is 5.88 Å². The molecule has 33 heavy (non-hydrogen) atoms. The number of nitrogens with one attached hydrogen (secondary N) is 1. The zero-order valence-electron chi connectivity index (χ0n) is 20.4. The third-order valence-corrected chi connectivity index (χ3v) is 11.4. The molecule has 1 saturated heterocycles. The molecular weight excluding hydrogens is 437 g/mol. The van der Waals surface area contributed by atoms with E-state index in [1.165, 1.54) is 12.1 Å². The van der Waals surface area contributed by atoms with Gasteiger partial charge in [0.1, 0.15) is 18.1 Å². The summed E-state index contributed by atoms with van der Waals surface area (Å²) in [6.45, 7) is 14.8. The topological polar surface area (TPSA) is 63.7 Å². The summed E-state index contributed by atoms with van der Waals surface area (Å²) in [4.78, 5) is 19.8. The standard InChI is InChI=1S/C25H34FN3O3Si/c1-16-15-31-23-21(27-16)12-18(11-17-7-9-19(26)10-8-17)22(28-23)24(30)29-13-20(14-29)32-33(5,6)25(2,3)4/h7-10,12,16,20,27H,11,13-15H2,1-6H3/t16-/m0/s1. The maximum Gasteiger partial charge on any atom is 0.273 e. The lowest BCUT2D eigenvalue weighted by molar-refractivity contribution is 0.0113. The Morgan fingerprint density at radius 3 is 2.58 bits per heavy atom. The number of fused-ring (bicyclic) bond motifs is 1. The Balaban J connectivity index is 1.55. The summed E-state index contributed by atoms with van der Waals surface area (Å²) >= 11 is 0.